The van der Waals surface area contributed by atoms with E-state index in [1.165, 1.54) is 55.2 Å². The Morgan fingerprint density at radius 3 is 2.16 bits per heavy atom. The molecule has 0 saturated heterocycles. The van der Waals surface area contributed by atoms with Crippen LogP contribution in [0.5, 0.6) is 5.75 Å². The Morgan fingerprint density at radius 2 is 1.63 bits per heavy atom. The smallest absolute Gasteiger partial charge is 0.124 e. The van der Waals surface area contributed by atoms with E-state index < -0.39 is 0 Å². The van der Waals surface area contributed by atoms with Crippen molar-refractivity contribution in [2.24, 2.45) is 0 Å². The molecule has 1 nitrogen and oxygen atoms in total. The maximum atomic E-state index is 5.42. The Labute approximate surface area is 126 Å². The Balaban J connectivity index is 2.55. The summed E-state index contributed by atoms with van der Waals surface area (Å²) < 4.78 is 5.42. The number of hydrogen-bond acceptors (Lipinski definition) is 1. The van der Waals surface area contributed by atoms with E-state index in [4.69, 9.17) is 4.74 Å². The molecular weight excluding hydrogens is 300 g/mol. The van der Waals surface area contributed by atoms with Crippen molar-refractivity contribution in [1.29, 1.82) is 0 Å². The summed E-state index contributed by atoms with van der Waals surface area (Å²) in [7, 11) is 1.74. The first-order chi connectivity index (χ1) is 9.10. The molecule has 1 atom stereocenters. The van der Waals surface area contributed by atoms with Crippen molar-refractivity contribution in [2.75, 3.05) is 7.11 Å². The summed E-state index contributed by atoms with van der Waals surface area (Å²) in [6.45, 7) is 6.50. The van der Waals surface area contributed by atoms with Crippen molar-refractivity contribution in [3.05, 3.63) is 28.8 Å². The van der Waals surface area contributed by atoms with Gasteiger partial charge in [-0.2, -0.15) is 0 Å². The maximum absolute atomic E-state index is 5.42. The van der Waals surface area contributed by atoms with Gasteiger partial charge < -0.3 is 4.74 Å². The molecule has 1 aromatic carbocycles. The van der Waals surface area contributed by atoms with Crippen molar-refractivity contribution < 1.29 is 4.74 Å². The highest BCUT2D eigenvalue weighted by Crippen LogP contribution is 2.33. The van der Waals surface area contributed by atoms with Crippen LogP contribution in [0.1, 0.15) is 67.0 Å². The van der Waals surface area contributed by atoms with Gasteiger partial charge in [-0.25, -0.2) is 0 Å². The first-order valence-corrected chi connectivity index (χ1v) is 8.30. The normalized spacial score (nSPS) is 12.5. The molecule has 0 spiro atoms. The minimum Gasteiger partial charge on any atom is -0.496 e. The molecule has 0 radical (unpaired) electrons. The van der Waals surface area contributed by atoms with E-state index in [-0.39, 0.29) is 0 Å². The zero-order valence-electron chi connectivity index (χ0n) is 12.8. The fourth-order valence-corrected chi connectivity index (χ4v) is 3.17. The molecule has 19 heavy (non-hydrogen) atoms. The van der Waals surface area contributed by atoms with Crippen LogP contribution in [0.15, 0.2) is 12.1 Å². The third kappa shape index (κ3) is 5.18. The second-order valence-corrected chi connectivity index (χ2v) is 6.46. The van der Waals surface area contributed by atoms with Gasteiger partial charge in [0.1, 0.15) is 5.75 Å². The molecule has 0 aliphatic rings. The molecule has 0 bridgehead atoms. The van der Waals surface area contributed by atoms with Crippen molar-refractivity contribution in [3.8, 4) is 5.75 Å². The van der Waals surface area contributed by atoms with Gasteiger partial charge >= 0.3 is 0 Å². The third-order valence-electron chi connectivity index (χ3n) is 3.61. The fourth-order valence-electron chi connectivity index (χ4n) is 2.58. The van der Waals surface area contributed by atoms with Crippen molar-refractivity contribution >= 4 is 15.9 Å². The second kappa shape index (κ2) is 8.63. The van der Waals surface area contributed by atoms with Gasteiger partial charge in [0.15, 0.2) is 0 Å². The predicted octanol–water partition coefficient (Wildman–Crippen LogP) is 6.11. The quantitative estimate of drug-likeness (QED) is 0.413. The summed E-state index contributed by atoms with van der Waals surface area (Å²) in [5, 5.41) is 0. The largest absolute Gasteiger partial charge is 0.496 e. The van der Waals surface area contributed by atoms with Gasteiger partial charge in [0.25, 0.3) is 0 Å². The number of ether oxygens (including phenoxy) is 1. The molecule has 0 amide bonds. The van der Waals surface area contributed by atoms with Crippen LogP contribution in [0.2, 0.25) is 0 Å². The summed E-state index contributed by atoms with van der Waals surface area (Å²) in [6, 6.07) is 4.49. The van der Waals surface area contributed by atoms with Crippen molar-refractivity contribution in [3.63, 3.8) is 0 Å². The standard InChI is InChI=1S/C17H27BrO/c1-5-6-7-8-9-10-16(18)15-11-13(2)17(19-4)14(3)12-15/h11-12,16H,5-10H2,1-4H3. The lowest BCUT2D eigenvalue weighted by atomic mass is 10.00. The Bertz CT molecular complexity index is 364. The van der Waals surface area contributed by atoms with Crippen LogP contribution in [0.4, 0.5) is 0 Å². The molecule has 0 aliphatic carbocycles. The highest BCUT2D eigenvalue weighted by molar-refractivity contribution is 9.09. The van der Waals surface area contributed by atoms with Crippen molar-refractivity contribution in [2.45, 2.75) is 64.1 Å². The summed E-state index contributed by atoms with van der Waals surface area (Å²) in [5.41, 5.74) is 3.84. The van der Waals surface area contributed by atoms with E-state index in [1.807, 2.05) is 0 Å². The molecule has 0 heterocycles. The van der Waals surface area contributed by atoms with Crippen LogP contribution in [0.3, 0.4) is 0 Å². The predicted molar refractivity (Wildman–Crippen MR) is 87.5 cm³/mol. The van der Waals surface area contributed by atoms with E-state index in [0.29, 0.717) is 4.83 Å². The maximum Gasteiger partial charge on any atom is 0.124 e. The van der Waals surface area contributed by atoms with Gasteiger partial charge in [0, 0.05) is 4.83 Å². The summed E-state index contributed by atoms with van der Waals surface area (Å²) >= 11 is 3.83. The topological polar surface area (TPSA) is 9.23 Å². The molecule has 0 aromatic heterocycles. The van der Waals surface area contributed by atoms with E-state index in [1.54, 1.807) is 7.11 Å². The molecule has 108 valence electrons. The van der Waals surface area contributed by atoms with Crippen LogP contribution in [0.25, 0.3) is 0 Å². The number of methoxy groups -OCH3 is 1. The molecule has 0 fully saturated rings. The Hall–Kier alpha value is -0.500. The molecule has 2 heteroatoms. The van der Waals surface area contributed by atoms with Gasteiger partial charge in [-0.1, -0.05) is 67.1 Å². The molecule has 0 saturated carbocycles. The fraction of sp³-hybridized carbons (Fsp3) is 0.647. The highest BCUT2D eigenvalue weighted by atomic mass is 79.9. The molecule has 0 N–H and O–H groups in total. The van der Waals surface area contributed by atoms with Gasteiger partial charge in [-0.3, -0.25) is 0 Å². The number of aryl methyl sites for hydroxylation is 2. The molecular formula is C17H27BrO. The van der Waals surface area contributed by atoms with Crippen molar-refractivity contribution in [1.82, 2.24) is 0 Å². The third-order valence-corrected chi connectivity index (χ3v) is 4.60. The number of halogens is 1. The second-order valence-electron chi connectivity index (χ2n) is 5.36. The van der Waals surface area contributed by atoms with Crippen LogP contribution < -0.4 is 4.74 Å². The Morgan fingerprint density at radius 1 is 1.05 bits per heavy atom. The van der Waals surface area contributed by atoms with E-state index >= 15 is 0 Å². The minimum absolute atomic E-state index is 0.470. The van der Waals surface area contributed by atoms with E-state index in [0.717, 1.165) is 5.75 Å². The lowest BCUT2D eigenvalue weighted by Crippen LogP contribution is -1.96. The number of hydrogen-bond donors (Lipinski definition) is 0. The number of benzene rings is 1. The van der Waals surface area contributed by atoms with Gasteiger partial charge in [-0.15, -0.1) is 0 Å². The summed E-state index contributed by atoms with van der Waals surface area (Å²) in [6.07, 6.45) is 7.93. The summed E-state index contributed by atoms with van der Waals surface area (Å²) in [5.74, 6) is 1.02. The molecule has 1 unspecified atom stereocenters. The molecule has 1 rings (SSSR count). The van der Waals surface area contributed by atoms with Gasteiger partial charge in [0.2, 0.25) is 0 Å². The van der Waals surface area contributed by atoms with Crippen LogP contribution in [-0.4, -0.2) is 7.11 Å². The molecule has 1 aromatic rings. The van der Waals surface area contributed by atoms with Gasteiger partial charge in [0.05, 0.1) is 7.11 Å². The number of rotatable bonds is 8. The first-order valence-electron chi connectivity index (χ1n) is 7.39. The zero-order valence-corrected chi connectivity index (χ0v) is 14.3. The van der Waals surface area contributed by atoms with Gasteiger partial charge in [-0.05, 0) is 37.0 Å². The van der Waals surface area contributed by atoms with Crippen LogP contribution in [0, 0.1) is 13.8 Å². The number of alkyl halides is 1. The van der Waals surface area contributed by atoms with Crippen LogP contribution in [-0.2, 0) is 0 Å². The van der Waals surface area contributed by atoms with E-state index in [9.17, 15) is 0 Å². The SMILES string of the molecule is CCCCCCCC(Br)c1cc(C)c(OC)c(C)c1. The minimum atomic E-state index is 0.470. The lowest BCUT2D eigenvalue weighted by Gasteiger charge is -2.15. The van der Waals surface area contributed by atoms with E-state index in [2.05, 4.69) is 48.8 Å². The Kier molecular flexibility index (Phi) is 7.52. The average Bonchev–Trinajstić information content (AvgIpc) is 2.38. The zero-order chi connectivity index (χ0) is 14.3. The monoisotopic (exact) mass is 326 g/mol. The lowest BCUT2D eigenvalue weighted by molar-refractivity contribution is 0.408. The number of unbranched alkanes of at least 4 members (excludes halogenated alkanes) is 4. The average molecular weight is 327 g/mol. The highest BCUT2D eigenvalue weighted by Gasteiger charge is 2.11. The summed E-state index contributed by atoms with van der Waals surface area (Å²) in [4.78, 5) is 0.470. The van der Waals surface area contributed by atoms with Crippen LogP contribution >= 0.6 is 15.9 Å². The first kappa shape index (κ1) is 16.6. The molecule has 0 aliphatic heterocycles.